The number of benzene rings is 1. The lowest BCUT2D eigenvalue weighted by atomic mass is 10.1. The fourth-order valence-corrected chi connectivity index (χ4v) is 2.74. The van der Waals surface area contributed by atoms with Crippen molar-refractivity contribution < 1.29 is 13.9 Å². The first-order valence-corrected chi connectivity index (χ1v) is 8.24. The molecule has 1 unspecified atom stereocenters. The molecule has 2 heterocycles. The number of nitrogens with two attached hydrogens (primary N) is 2. The van der Waals surface area contributed by atoms with Crippen LogP contribution in [0.2, 0.25) is 0 Å². The highest BCUT2D eigenvalue weighted by atomic mass is 19.1. The van der Waals surface area contributed by atoms with Crippen molar-refractivity contribution in [3.63, 3.8) is 0 Å². The number of rotatable bonds is 5. The van der Waals surface area contributed by atoms with Crippen LogP contribution in [-0.2, 0) is 0 Å². The van der Waals surface area contributed by atoms with Crippen LogP contribution < -0.4 is 20.9 Å². The van der Waals surface area contributed by atoms with E-state index in [2.05, 4.69) is 15.0 Å². The van der Waals surface area contributed by atoms with Gasteiger partial charge in [-0.25, -0.2) is 19.3 Å². The normalized spacial score (nSPS) is 11.9. The third-order valence-corrected chi connectivity index (χ3v) is 4.12. The molecule has 7 nitrogen and oxygen atoms in total. The van der Waals surface area contributed by atoms with Crippen LogP contribution in [0.3, 0.4) is 0 Å². The van der Waals surface area contributed by atoms with Gasteiger partial charge in [-0.2, -0.15) is 0 Å². The van der Waals surface area contributed by atoms with E-state index in [1.807, 2.05) is 6.92 Å². The number of anilines is 2. The zero-order chi connectivity index (χ0) is 19.6. The topological polar surface area (TPSA) is 109 Å². The fourth-order valence-electron chi connectivity index (χ4n) is 2.74. The van der Waals surface area contributed by atoms with E-state index in [9.17, 15) is 4.39 Å². The quantitative estimate of drug-likeness (QED) is 0.710. The molecule has 3 rings (SSSR count). The maximum absolute atomic E-state index is 13.7. The average molecular weight is 369 g/mol. The molecule has 2 aromatic heterocycles. The summed E-state index contributed by atoms with van der Waals surface area (Å²) in [5.41, 5.74) is 14.3. The first kappa shape index (κ1) is 18.4. The van der Waals surface area contributed by atoms with Gasteiger partial charge in [-0.1, -0.05) is 0 Å². The molecule has 4 N–H and O–H groups in total. The zero-order valence-corrected chi connectivity index (χ0v) is 15.2. The second-order valence-corrected chi connectivity index (χ2v) is 5.98. The SMILES string of the molecule is COc1ccc(F)cc1C(C)Oc1cc(-c2cnc(N)nc2C)cnc1N. The highest BCUT2D eigenvalue weighted by Gasteiger charge is 2.17. The molecule has 1 aromatic carbocycles. The second-order valence-electron chi connectivity index (χ2n) is 5.98. The van der Waals surface area contributed by atoms with Crippen LogP contribution in [0, 0.1) is 12.7 Å². The largest absolute Gasteiger partial charge is 0.496 e. The number of ether oxygens (including phenoxy) is 2. The number of nitrogens with zero attached hydrogens (tertiary/aromatic N) is 3. The van der Waals surface area contributed by atoms with Crippen LogP contribution in [0.1, 0.15) is 24.3 Å². The van der Waals surface area contributed by atoms with Gasteiger partial charge in [0.05, 0.1) is 12.8 Å². The van der Waals surface area contributed by atoms with Gasteiger partial charge in [0.2, 0.25) is 5.95 Å². The lowest BCUT2D eigenvalue weighted by Gasteiger charge is -2.19. The Morgan fingerprint density at radius 3 is 2.56 bits per heavy atom. The van der Waals surface area contributed by atoms with E-state index in [4.69, 9.17) is 20.9 Å². The Kier molecular flexibility index (Phi) is 5.07. The van der Waals surface area contributed by atoms with Crippen molar-refractivity contribution in [3.8, 4) is 22.6 Å². The van der Waals surface area contributed by atoms with E-state index in [0.717, 1.165) is 11.1 Å². The molecule has 0 fully saturated rings. The summed E-state index contributed by atoms with van der Waals surface area (Å²) in [6.07, 6.45) is 2.71. The van der Waals surface area contributed by atoms with E-state index in [1.54, 1.807) is 31.5 Å². The summed E-state index contributed by atoms with van der Waals surface area (Å²) >= 11 is 0. The molecule has 0 aliphatic carbocycles. The molecule has 3 aromatic rings. The van der Waals surface area contributed by atoms with Crippen molar-refractivity contribution in [2.45, 2.75) is 20.0 Å². The molecule has 140 valence electrons. The van der Waals surface area contributed by atoms with E-state index in [-0.39, 0.29) is 17.6 Å². The molecule has 27 heavy (non-hydrogen) atoms. The van der Waals surface area contributed by atoms with Gasteiger partial charge in [0.1, 0.15) is 17.7 Å². The number of hydrogen-bond acceptors (Lipinski definition) is 7. The van der Waals surface area contributed by atoms with E-state index in [1.165, 1.54) is 19.2 Å². The summed E-state index contributed by atoms with van der Waals surface area (Å²) in [7, 11) is 1.52. The Hall–Kier alpha value is -3.42. The number of aromatic nitrogens is 3. The number of methoxy groups -OCH3 is 1. The number of aryl methyl sites for hydroxylation is 1. The van der Waals surface area contributed by atoms with Crippen LogP contribution in [-0.4, -0.2) is 22.1 Å². The Balaban J connectivity index is 1.94. The lowest BCUT2D eigenvalue weighted by Crippen LogP contribution is -2.08. The summed E-state index contributed by atoms with van der Waals surface area (Å²) in [6.45, 7) is 3.60. The lowest BCUT2D eigenvalue weighted by molar-refractivity contribution is 0.221. The predicted octanol–water partition coefficient (Wildman–Crippen LogP) is 3.30. The fraction of sp³-hybridized carbons (Fsp3) is 0.211. The molecular formula is C19H20FN5O2. The van der Waals surface area contributed by atoms with Gasteiger partial charge in [-0.05, 0) is 38.1 Å². The molecule has 0 saturated heterocycles. The minimum atomic E-state index is -0.515. The molecular weight excluding hydrogens is 349 g/mol. The van der Waals surface area contributed by atoms with Crippen molar-refractivity contribution in [2.75, 3.05) is 18.6 Å². The zero-order valence-electron chi connectivity index (χ0n) is 15.2. The maximum atomic E-state index is 13.7. The highest BCUT2D eigenvalue weighted by molar-refractivity contribution is 5.68. The van der Waals surface area contributed by atoms with Gasteiger partial charge in [-0.3, -0.25) is 0 Å². The van der Waals surface area contributed by atoms with Gasteiger partial charge < -0.3 is 20.9 Å². The van der Waals surface area contributed by atoms with Crippen molar-refractivity contribution in [2.24, 2.45) is 0 Å². The molecule has 0 radical (unpaired) electrons. The first-order chi connectivity index (χ1) is 12.9. The van der Waals surface area contributed by atoms with Crippen LogP contribution in [0.15, 0.2) is 36.7 Å². The van der Waals surface area contributed by atoms with Gasteiger partial charge >= 0.3 is 0 Å². The highest BCUT2D eigenvalue weighted by Crippen LogP contribution is 2.34. The number of nitrogen functional groups attached to an aromatic ring is 2. The third kappa shape index (κ3) is 3.89. The van der Waals surface area contributed by atoms with Crippen molar-refractivity contribution in [1.29, 1.82) is 0 Å². The first-order valence-electron chi connectivity index (χ1n) is 8.24. The Bertz CT molecular complexity index is 980. The summed E-state index contributed by atoms with van der Waals surface area (Å²) < 4.78 is 24.9. The van der Waals surface area contributed by atoms with Gasteiger partial charge in [0, 0.05) is 29.1 Å². The summed E-state index contributed by atoms with van der Waals surface area (Å²) in [5, 5.41) is 0. The second kappa shape index (κ2) is 7.45. The van der Waals surface area contributed by atoms with Crippen molar-refractivity contribution in [1.82, 2.24) is 15.0 Å². The summed E-state index contributed by atoms with van der Waals surface area (Å²) in [5.74, 6) is 0.922. The molecule has 0 amide bonds. The van der Waals surface area contributed by atoms with E-state index in [0.29, 0.717) is 22.8 Å². The monoisotopic (exact) mass is 369 g/mol. The van der Waals surface area contributed by atoms with Crippen LogP contribution in [0.5, 0.6) is 11.5 Å². The minimum Gasteiger partial charge on any atom is -0.496 e. The van der Waals surface area contributed by atoms with Crippen LogP contribution >= 0.6 is 0 Å². The Morgan fingerprint density at radius 2 is 1.85 bits per heavy atom. The van der Waals surface area contributed by atoms with Crippen molar-refractivity contribution >= 4 is 11.8 Å². The van der Waals surface area contributed by atoms with E-state index < -0.39 is 6.10 Å². The molecule has 0 aliphatic heterocycles. The van der Waals surface area contributed by atoms with Crippen LogP contribution in [0.4, 0.5) is 16.2 Å². The summed E-state index contributed by atoms with van der Waals surface area (Å²) in [6, 6.07) is 5.99. The van der Waals surface area contributed by atoms with Crippen molar-refractivity contribution in [3.05, 3.63) is 53.7 Å². The average Bonchev–Trinajstić information content (AvgIpc) is 2.63. The van der Waals surface area contributed by atoms with E-state index >= 15 is 0 Å². The van der Waals surface area contributed by atoms with Crippen LogP contribution in [0.25, 0.3) is 11.1 Å². The number of halogens is 1. The van der Waals surface area contributed by atoms with Gasteiger partial charge in [-0.15, -0.1) is 0 Å². The molecule has 0 saturated carbocycles. The molecule has 0 spiro atoms. The molecule has 0 bridgehead atoms. The smallest absolute Gasteiger partial charge is 0.220 e. The number of hydrogen-bond donors (Lipinski definition) is 2. The molecule has 8 heteroatoms. The standard InChI is InChI=1S/C19H20FN5O2/c1-10-15(9-24-19(22)25-10)12-6-17(18(21)23-8-12)27-11(2)14-7-13(20)4-5-16(14)26-3/h4-9,11H,1-3H3,(H2,21,23)(H2,22,24,25). The Morgan fingerprint density at radius 1 is 1.07 bits per heavy atom. The molecule has 1 atom stereocenters. The Labute approximate surface area is 156 Å². The van der Waals surface area contributed by atoms with Gasteiger partial charge in [0.25, 0.3) is 0 Å². The van der Waals surface area contributed by atoms with Gasteiger partial charge in [0.15, 0.2) is 11.6 Å². The maximum Gasteiger partial charge on any atom is 0.220 e. The third-order valence-electron chi connectivity index (χ3n) is 4.12. The number of pyridine rings is 1. The minimum absolute atomic E-state index is 0.197. The molecule has 0 aliphatic rings. The summed E-state index contributed by atoms with van der Waals surface area (Å²) in [4.78, 5) is 12.4. The predicted molar refractivity (Wildman–Crippen MR) is 101 cm³/mol.